The van der Waals surface area contributed by atoms with Crippen molar-refractivity contribution in [1.29, 1.82) is 0 Å². The number of rotatable bonds is 5. The summed E-state index contributed by atoms with van der Waals surface area (Å²) in [6, 6.07) is 6.04. The molecule has 0 aliphatic heterocycles. The van der Waals surface area contributed by atoms with Crippen LogP contribution in [0.25, 0.3) is 0 Å². The van der Waals surface area contributed by atoms with Gasteiger partial charge in [0.05, 0.1) is 18.8 Å². The molecule has 2 heterocycles. The van der Waals surface area contributed by atoms with Crippen molar-refractivity contribution in [1.82, 2.24) is 19.9 Å². The zero-order chi connectivity index (χ0) is 13.7. The van der Waals surface area contributed by atoms with Gasteiger partial charge in [-0.1, -0.05) is 6.07 Å². The second-order valence-corrected chi connectivity index (χ2v) is 3.86. The van der Waals surface area contributed by atoms with Gasteiger partial charge in [-0.25, -0.2) is 0 Å². The van der Waals surface area contributed by atoms with Gasteiger partial charge in [-0.05, 0) is 26.0 Å². The molecule has 2 rings (SSSR count). The van der Waals surface area contributed by atoms with Crippen molar-refractivity contribution < 1.29 is 4.74 Å². The third kappa shape index (κ3) is 3.77. The molecule has 0 radical (unpaired) electrons. The predicted octanol–water partition coefficient (Wildman–Crippen LogP) is 1.17. The van der Waals surface area contributed by atoms with Crippen molar-refractivity contribution in [3.05, 3.63) is 29.6 Å². The quantitative estimate of drug-likeness (QED) is 0.832. The minimum Gasteiger partial charge on any atom is -0.464 e. The van der Waals surface area contributed by atoms with Gasteiger partial charge in [0.1, 0.15) is 0 Å². The van der Waals surface area contributed by atoms with Crippen LogP contribution in [0.4, 0.5) is 11.9 Å². The summed E-state index contributed by atoms with van der Waals surface area (Å²) in [5.41, 5.74) is 7.45. The van der Waals surface area contributed by atoms with E-state index in [1.54, 1.807) is 0 Å². The van der Waals surface area contributed by atoms with Crippen molar-refractivity contribution in [2.75, 3.05) is 17.7 Å². The summed E-state index contributed by atoms with van der Waals surface area (Å²) >= 11 is 0. The molecule has 0 spiro atoms. The number of nitrogens with two attached hydrogens (primary N) is 1. The van der Waals surface area contributed by atoms with E-state index < -0.39 is 0 Å². The number of hydrogen-bond acceptors (Lipinski definition) is 7. The monoisotopic (exact) mass is 260 g/mol. The summed E-state index contributed by atoms with van der Waals surface area (Å²) in [4.78, 5) is 16.3. The van der Waals surface area contributed by atoms with E-state index in [1.807, 2.05) is 32.0 Å². The summed E-state index contributed by atoms with van der Waals surface area (Å²) in [6.07, 6.45) is 0. The van der Waals surface area contributed by atoms with E-state index in [0.717, 1.165) is 11.4 Å². The average molecular weight is 260 g/mol. The summed E-state index contributed by atoms with van der Waals surface area (Å²) < 4.78 is 5.20. The third-order valence-corrected chi connectivity index (χ3v) is 2.28. The number of nitrogens with one attached hydrogen (secondary N) is 1. The van der Waals surface area contributed by atoms with E-state index in [1.165, 1.54) is 0 Å². The van der Waals surface area contributed by atoms with Crippen molar-refractivity contribution in [2.45, 2.75) is 20.4 Å². The number of hydrogen-bond donors (Lipinski definition) is 2. The van der Waals surface area contributed by atoms with Gasteiger partial charge < -0.3 is 15.8 Å². The van der Waals surface area contributed by atoms with Crippen LogP contribution in [0.3, 0.4) is 0 Å². The summed E-state index contributed by atoms with van der Waals surface area (Å²) in [5, 5.41) is 3.04. The molecule has 0 bridgehead atoms. The fourth-order valence-electron chi connectivity index (χ4n) is 1.51. The molecule has 2 aromatic heterocycles. The Labute approximate surface area is 111 Å². The summed E-state index contributed by atoms with van der Waals surface area (Å²) in [6.45, 7) is 4.78. The molecule has 0 amide bonds. The van der Waals surface area contributed by atoms with Crippen molar-refractivity contribution in [3.63, 3.8) is 0 Å². The number of aromatic nitrogens is 4. The normalized spacial score (nSPS) is 10.2. The Morgan fingerprint density at radius 3 is 2.79 bits per heavy atom. The Balaban J connectivity index is 2.06. The van der Waals surface area contributed by atoms with Crippen molar-refractivity contribution in [2.24, 2.45) is 0 Å². The zero-order valence-electron chi connectivity index (χ0n) is 10.9. The highest BCUT2D eigenvalue weighted by Gasteiger charge is 2.05. The molecule has 19 heavy (non-hydrogen) atoms. The van der Waals surface area contributed by atoms with E-state index in [4.69, 9.17) is 10.5 Å². The molecule has 0 saturated carbocycles. The average Bonchev–Trinajstić information content (AvgIpc) is 2.36. The van der Waals surface area contributed by atoms with Gasteiger partial charge in [0, 0.05) is 5.69 Å². The highest BCUT2D eigenvalue weighted by Crippen LogP contribution is 2.09. The van der Waals surface area contributed by atoms with E-state index >= 15 is 0 Å². The molecule has 100 valence electrons. The lowest BCUT2D eigenvalue weighted by Crippen LogP contribution is -2.10. The van der Waals surface area contributed by atoms with Crippen LogP contribution in [0.5, 0.6) is 6.01 Å². The van der Waals surface area contributed by atoms with E-state index in [0.29, 0.717) is 19.1 Å². The molecule has 7 nitrogen and oxygen atoms in total. The van der Waals surface area contributed by atoms with E-state index in [9.17, 15) is 0 Å². The van der Waals surface area contributed by atoms with Crippen molar-refractivity contribution >= 4 is 11.9 Å². The van der Waals surface area contributed by atoms with Crippen LogP contribution in [0.1, 0.15) is 18.3 Å². The number of nitrogens with zero attached hydrogens (tertiary/aromatic N) is 4. The minimum absolute atomic E-state index is 0.123. The molecular formula is C12H16N6O. The van der Waals surface area contributed by atoms with Crippen LogP contribution >= 0.6 is 0 Å². The van der Waals surface area contributed by atoms with Crippen LogP contribution in [-0.2, 0) is 6.54 Å². The van der Waals surface area contributed by atoms with Crippen LogP contribution in [0.15, 0.2) is 18.2 Å². The second-order valence-electron chi connectivity index (χ2n) is 3.86. The highest BCUT2D eigenvalue weighted by molar-refractivity contribution is 5.33. The van der Waals surface area contributed by atoms with Gasteiger partial charge in [-0.3, -0.25) is 4.98 Å². The number of nitrogen functional groups attached to an aromatic ring is 1. The standard InChI is InChI=1S/C12H16N6O/c1-3-19-12-17-10(13)16-11(18-12)14-7-9-6-4-5-8(2)15-9/h4-6H,3,7H2,1-2H3,(H3,13,14,16,17,18). The Bertz CT molecular complexity index is 560. The van der Waals surface area contributed by atoms with Gasteiger partial charge in [-0.2, -0.15) is 15.0 Å². The molecule has 2 aromatic rings. The van der Waals surface area contributed by atoms with Crippen LogP contribution < -0.4 is 15.8 Å². The molecule has 0 atom stereocenters. The second kappa shape index (κ2) is 5.94. The van der Waals surface area contributed by atoms with Gasteiger partial charge in [-0.15, -0.1) is 0 Å². The van der Waals surface area contributed by atoms with Crippen LogP contribution in [-0.4, -0.2) is 26.5 Å². The van der Waals surface area contributed by atoms with Crippen LogP contribution in [0.2, 0.25) is 0 Å². The van der Waals surface area contributed by atoms with E-state index in [2.05, 4.69) is 25.3 Å². The van der Waals surface area contributed by atoms with Gasteiger partial charge >= 0.3 is 6.01 Å². The Hall–Kier alpha value is -2.44. The fourth-order valence-corrected chi connectivity index (χ4v) is 1.51. The number of anilines is 2. The number of ether oxygens (including phenoxy) is 1. The maximum absolute atomic E-state index is 5.58. The zero-order valence-corrected chi connectivity index (χ0v) is 10.9. The molecule has 0 unspecified atom stereocenters. The lowest BCUT2D eigenvalue weighted by molar-refractivity contribution is 0.312. The largest absolute Gasteiger partial charge is 0.464 e. The topological polar surface area (TPSA) is 98.8 Å². The Morgan fingerprint density at radius 2 is 2.05 bits per heavy atom. The maximum Gasteiger partial charge on any atom is 0.323 e. The smallest absolute Gasteiger partial charge is 0.323 e. The lowest BCUT2D eigenvalue weighted by Gasteiger charge is -2.07. The van der Waals surface area contributed by atoms with Gasteiger partial charge in [0.15, 0.2) is 0 Å². The molecule has 0 aliphatic carbocycles. The highest BCUT2D eigenvalue weighted by atomic mass is 16.5. The first-order valence-electron chi connectivity index (χ1n) is 5.98. The summed E-state index contributed by atoms with van der Waals surface area (Å²) in [5.74, 6) is 0.498. The molecule has 7 heteroatoms. The number of aryl methyl sites for hydroxylation is 1. The summed E-state index contributed by atoms with van der Waals surface area (Å²) in [7, 11) is 0. The third-order valence-electron chi connectivity index (χ3n) is 2.28. The van der Waals surface area contributed by atoms with Crippen molar-refractivity contribution in [3.8, 4) is 6.01 Å². The Morgan fingerprint density at radius 1 is 1.21 bits per heavy atom. The predicted molar refractivity (Wildman–Crippen MR) is 71.7 cm³/mol. The van der Waals surface area contributed by atoms with Gasteiger partial charge in [0.2, 0.25) is 11.9 Å². The van der Waals surface area contributed by atoms with E-state index in [-0.39, 0.29) is 12.0 Å². The first-order valence-corrected chi connectivity index (χ1v) is 5.98. The molecule has 0 aromatic carbocycles. The van der Waals surface area contributed by atoms with Gasteiger partial charge in [0.25, 0.3) is 0 Å². The number of pyridine rings is 1. The SMILES string of the molecule is CCOc1nc(N)nc(NCc2cccc(C)n2)n1. The lowest BCUT2D eigenvalue weighted by atomic mass is 10.3. The first kappa shape index (κ1) is 13.0. The molecule has 0 saturated heterocycles. The maximum atomic E-state index is 5.58. The Kier molecular flexibility index (Phi) is 4.07. The van der Waals surface area contributed by atoms with Crippen LogP contribution in [0, 0.1) is 6.92 Å². The minimum atomic E-state index is 0.123. The molecule has 0 aliphatic rings. The fraction of sp³-hybridized carbons (Fsp3) is 0.333. The molecule has 0 fully saturated rings. The molecule has 3 N–H and O–H groups in total. The first-order chi connectivity index (χ1) is 9.17. The molecular weight excluding hydrogens is 244 g/mol.